The van der Waals surface area contributed by atoms with Gasteiger partial charge in [-0.05, 0) is 25.2 Å². The second kappa shape index (κ2) is 5.80. The first-order chi connectivity index (χ1) is 9.10. The molecule has 2 aliphatic rings. The molecule has 108 valence electrons. The number of amidine groups is 1. The molecular weight excluding hydrogens is 242 g/mol. The number of carbonyl (C=O) groups excluding carboxylic acids is 1. The number of hydrogen-bond donors (Lipinski definition) is 2. The maximum absolute atomic E-state index is 12.9. The van der Waals surface area contributed by atoms with Crippen molar-refractivity contribution >= 4 is 11.7 Å². The maximum atomic E-state index is 12.9. The highest BCUT2D eigenvalue weighted by Gasteiger charge is 2.46. The Morgan fingerprint density at radius 3 is 2.42 bits per heavy atom. The van der Waals surface area contributed by atoms with E-state index in [4.69, 9.17) is 10.9 Å². The zero-order valence-electron chi connectivity index (χ0n) is 11.8. The molecule has 0 radical (unpaired) electrons. The van der Waals surface area contributed by atoms with Crippen molar-refractivity contribution < 1.29 is 10.0 Å². The first-order valence-electron chi connectivity index (χ1n) is 7.37. The highest BCUT2D eigenvalue weighted by molar-refractivity contribution is 6.06. The van der Waals surface area contributed by atoms with Gasteiger partial charge in [0.05, 0.1) is 0 Å². The van der Waals surface area contributed by atoms with E-state index < -0.39 is 5.41 Å². The van der Waals surface area contributed by atoms with Crippen molar-refractivity contribution in [3.63, 3.8) is 0 Å². The number of nitrogens with zero attached hydrogens (tertiary/aromatic N) is 2. The number of rotatable bonds is 2. The van der Waals surface area contributed by atoms with E-state index in [0.717, 1.165) is 45.2 Å². The molecule has 1 aliphatic heterocycles. The van der Waals surface area contributed by atoms with E-state index in [9.17, 15) is 4.79 Å². The van der Waals surface area contributed by atoms with E-state index in [0.29, 0.717) is 18.8 Å². The van der Waals surface area contributed by atoms with Gasteiger partial charge in [0.1, 0.15) is 5.41 Å². The van der Waals surface area contributed by atoms with Crippen LogP contribution < -0.4 is 5.73 Å². The van der Waals surface area contributed by atoms with Gasteiger partial charge in [-0.15, -0.1) is 0 Å². The third kappa shape index (κ3) is 2.69. The highest BCUT2D eigenvalue weighted by atomic mass is 16.4. The van der Waals surface area contributed by atoms with E-state index in [-0.39, 0.29) is 11.7 Å². The van der Waals surface area contributed by atoms with Crippen LogP contribution in [0.25, 0.3) is 0 Å². The average molecular weight is 267 g/mol. The topological polar surface area (TPSA) is 78.9 Å². The molecule has 0 aromatic heterocycles. The molecule has 19 heavy (non-hydrogen) atoms. The summed E-state index contributed by atoms with van der Waals surface area (Å²) in [7, 11) is 0. The summed E-state index contributed by atoms with van der Waals surface area (Å²) in [5, 5.41) is 12.3. The van der Waals surface area contributed by atoms with Crippen molar-refractivity contribution in [1.29, 1.82) is 0 Å². The summed E-state index contributed by atoms with van der Waals surface area (Å²) in [6.45, 7) is 3.77. The lowest BCUT2D eigenvalue weighted by molar-refractivity contribution is -0.138. The summed E-state index contributed by atoms with van der Waals surface area (Å²) in [4.78, 5) is 14.8. The fourth-order valence-corrected chi connectivity index (χ4v) is 3.43. The van der Waals surface area contributed by atoms with Crippen LogP contribution in [0.3, 0.4) is 0 Å². The van der Waals surface area contributed by atoms with Gasteiger partial charge in [-0.2, -0.15) is 0 Å². The molecule has 0 aromatic carbocycles. The van der Waals surface area contributed by atoms with Crippen LogP contribution in [0.5, 0.6) is 0 Å². The Morgan fingerprint density at radius 1 is 1.32 bits per heavy atom. The standard InChI is InChI=1S/C14H25N3O2/c1-11-6-9-17(10-11)13(18)14(12(15)16-19)7-4-2-3-5-8-14/h11,19H,2-10H2,1H3,(H2,15,16). The molecule has 0 aromatic rings. The van der Waals surface area contributed by atoms with Crippen LogP contribution >= 0.6 is 0 Å². The lowest BCUT2D eigenvalue weighted by Crippen LogP contribution is -2.50. The van der Waals surface area contributed by atoms with Gasteiger partial charge in [-0.1, -0.05) is 37.8 Å². The number of nitrogens with two attached hydrogens (primary N) is 1. The Bertz CT molecular complexity index is 360. The molecule has 0 bridgehead atoms. The van der Waals surface area contributed by atoms with Gasteiger partial charge < -0.3 is 15.8 Å². The summed E-state index contributed by atoms with van der Waals surface area (Å²) in [5.41, 5.74) is 5.15. The first kappa shape index (κ1) is 14.2. The van der Waals surface area contributed by atoms with E-state index in [2.05, 4.69) is 12.1 Å². The quantitative estimate of drug-likeness (QED) is 0.264. The molecule has 1 heterocycles. The number of amides is 1. The van der Waals surface area contributed by atoms with Crippen molar-refractivity contribution in [2.24, 2.45) is 22.2 Å². The van der Waals surface area contributed by atoms with Gasteiger partial charge in [0.25, 0.3) is 0 Å². The smallest absolute Gasteiger partial charge is 0.236 e. The van der Waals surface area contributed by atoms with Gasteiger partial charge >= 0.3 is 0 Å². The molecule has 1 atom stereocenters. The molecule has 1 saturated carbocycles. The molecule has 5 heteroatoms. The van der Waals surface area contributed by atoms with Crippen LogP contribution in [-0.2, 0) is 4.79 Å². The van der Waals surface area contributed by atoms with Crippen LogP contribution in [0.1, 0.15) is 51.9 Å². The zero-order valence-corrected chi connectivity index (χ0v) is 11.8. The van der Waals surface area contributed by atoms with Crippen molar-refractivity contribution in [3.8, 4) is 0 Å². The Labute approximate surface area is 114 Å². The predicted molar refractivity (Wildman–Crippen MR) is 73.9 cm³/mol. The molecule has 1 aliphatic carbocycles. The SMILES string of the molecule is CC1CCN(C(=O)C2(C(N)=NO)CCCCCC2)C1. The van der Waals surface area contributed by atoms with Crippen molar-refractivity contribution in [2.45, 2.75) is 51.9 Å². The van der Waals surface area contributed by atoms with E-state index in [1.807, 2.05) is 4.90 Å². The van der Waals surface area contributed by atoms with Crippen molar-refractivity contribution in [3.05, 3.63) is 0 Å². The molecule has 3 N–H and O–H groups in total. The minimum atomic E-state index is -0.755. The maximum Gasteiger partial charge on any atom is 0.236 e. The molecule has 0 spiro atoms. The normalized spacial score (nSPS) is 28.2. The predicted octanol–water partition coefficient (Wildman–Crippen LogP) is 1.94. The monoisotopic (exact) mass is 267 g/mol. The van der Waals surface area contributed by atoms with Crippen LogP contribution in [0, 0.1) is 11.3 Å². The summed E-state index contributed by atoms with van der Waals surface area (Å²) in [5.74, 6) is 0.743. The summed E-state index contributed by atoms with van der Waals surface area (Å²) in [6, 6.07) is 0. The minimum Gasteiger partial charge on any atom is -0.409 e. The summed E-state index contributed by atoms with van der Waals surface area (Å²) >= 11 is 0. The van der Waals surface area contributed by atoms with E-state index in [1.54, 1.807) is 0 Å². The lowest BCUT2D eigenvalue weighted by Gasteiger charge is -2.34. The molecular formula is C14H25N3O2. The van der Waals surface area contributed by atoms with Crippen LogP contribution in [0.2, 0.25) is 0 Å². The van der Waals surface area contributed by atoms with Crippen molar-refractivity contribution in [1.82, 2.24) is 4.90 Å². The van der Waals surface area contributed by atoms with Gasteiger partial charge in [0.2, 0.25) is 5.91 Å². The zero-order chi connectivity index (χ0) is 13.9. The number of hydrogen-bond acceptors (Lipinski definition) is 3. The molecule has 1 saturated heterocycles. The minimum absolute atomic E-state index is 0.0778. The highest BCUT2D eigenvalue weighted by Crippen LogP contribution is 2.38. The van der Waals surface area contributed by atoms with Gasteiger partial charge in [0.15, 0.2) is 5.84 Å². The fourth-order valence-electron chi connectivity index (χ4n) is 3.43. The molecule has 1 amide bonds. The Morgan fingerprint density at radius 2 is 1.95 bits per heavy atom. The van der Waals surface area contributed by atoms with E-state index in [1.165, 1.54) is 0 Å². The Hall–Kier alpha value is -1.26. The molecule has 5 nitrogen and oxygen atoms in total. The van der Waals surface area contributed by atoms with Crippen LogP contribution in [0.4, 0.5) is 0 Å². The third-order valence-electron chi connectivity index (χ3n) is 4.68. The largest absolute Gasteiger partial charge is 0.409 e. The number of oxime groups is 1. The lowest BCUT2D eigenvalue weighted by atomic mass is 9.77. The van der Waals surface area contributed by atoms with Crippen LogP contribution in [0.15, 0.2) is 5.16 Å². The number of likely N-dealkylation sites (tertiary alicyclic amines) is 1. The average Bonchev–Trinajstić information content (AvgIpc) is 2.70. The Kier molecular flexibility index (Phi) is 4.32. The first-order valence-corrected chi connectivity index (χ1v) is 7.37. The molecule has 2 fully saturated rings. The second-order valence-corrected chi connectivity index (χ2v) is 6.13. The number of carbonyl (C=O) groups is 1. The molecule has 1 unspecified atom stereocenters. The van der Waals surface area contributed by atoms with Gasteiger partial charge in [0, 0.05) is 13.1 Å². The second-order valence-electron chi connectivity index (χ2n) is 6.13. The molecule has 2 rings (SSSR count). The van der Waals surface area contributed by atoms with Gasteiger partial charge in [-0.25, -0.2) is 0 Å². The van der Waals surface area contributed by atoms with Gasteiger partial charge in [-0.3, -0.25) is 4.79 Å². The third-order valence-corrected chi connectivity index (χ3v) is 4.68. The van der Waals surface area contributed by atoms with E-state index >= 15 is 0 Å². The fraction of sp³-hybridized carbons (Fsp3) is 0.857. The Balaban J connectivity index is 2.23. The summed E-state index contributed by atoms with van der Waals surface area (Å²) < 4.78 is 0. The van der Waals surface area contributed by atoms with Crippen molar-refractivity contribution in [2.75, 3.05) is 13.1 Å². The summed E-state index contributed by atoms with van der Waals surface area (Å²) in [6.07, 6.45) is 6.70. The van der Waals surface area contributed by atoms with Crippen LogP contribution in [-0.4, -0.2) is 34.9 Å².